The van der Waals surface area contributed by atoms with Gasteiger partial charge in [0.15, 0.2) is 0 Å². The highest BCUT2D eigenvalue weighted by atomic mass is 16.7. The molecule has 2 nitrogen and oxygen atoms in total. The molecule has 0 aliphatic carbocycles. The van der Waals surface area contributed by atoms with Crippen molar-refractivity contribution in [2.75, 3.05) is 20.0 Å². The number of ether oxygens (including phenoxy) is 2. The summed E-state index contributed by atoms with van der Waals surface area (Å²) in [6, 6.07) is 0. The topological polar surface area (TPSA) is 18.5 Å². The predicted molar refractivity (Wildman–Crippen MR) is 41.3 cm³/mol. The first-order chi connectivity index (χ1) is 4.91. The van der Waals surface area contributed by atoms with Gasteiger partial charge in [0.1, 0.15) is 6.79 Å². The van der Waals surface area contributed by atoms with E-state index in [2.05, 4.69) is 13.8 Å². The number of hydrogen-bond donors (Lipinski definition) is 0. The Balaban J connectivity index is 2.65. The highest BCUT2D eigenvalue weighted by Crippen LogP contribution is 1.88. The molecular formula is C8H16O2. The average Bonchev–Trinajstić information content (AvgIpc) is 1.97. The van der Waals surface area contributed by atoms with Crippen molar-refractivity contribution >= 4 is 0 Å². The van der Waals surface area contributed by atoms with E-state index in [1.54, 1.807) is 0 Å². The summed E-state index contributed by atoms with van der Waals surface area (Å²) in [7, 11) is 0. The fraction of sp³-hybridized carbons (Fsp3) is 0.750. The summed E-state index contributed by atoms with van der Waals surface area (Å²) >= 11 is 0. The van der Waals surface area contributed by atoms with Gasteiger partial charge in [-0.1, -0.05) is 20.3 Å². The highest BCUT2D eigenvalue weighted by Gasteiger charge is 1.85. The quantitative estimate of drug-likeness (QED) is 0.401. The lowest BCUT2D eigenvalue weighted by Gasteiger charge is -2.02. The molecule has 0 aromatic heterocycles. The molecule has 0 aromatic carbocycles. The first-order valence-corrected chi connectivity index (χ1v) is 3.65. The van der Waals surface area contributed by atoms with Gasteiger partial charge in [0.25, 0.3) is 0 Å². The number of rotatable bonds is 7. The van der Waals surface area contributed by atoms with Crippen molar-refractivity contribution in [1.29, 1.82) is 0 Å². The molecule has 0 spiro atoms. The van der Waals surface area contributed by atoms with E-state index in [1.165, 1.54) is 0 Å². The highest BCUT2D eigenvalue weighted by molar-refractivity contribution is 4.38. The molecule has 0 bridgehead atoms. The summed E-state index contributed by atoms with van der Waals surface area (Å²) in [5.41, 5.74) is 0. The fourth-order valence-electron chi connectivity index (χ4n) is 0.483. The average molecular weight is 144 g/mol. The molecule has 0 aliphatic rings. The summed E-state index contributed by atoms with van der Waals surface area (Å²) in [5.74, 6) is 0. The van der Waals surface area contributed by atoms with Gasteiger partial charge in [0.2, 0.25) is 0 Å². The maximum atomic E-state index is 5.09. The zero-order valence-electron chi connectivity index (χ0n) is 6.47. The van der Waals surface area contributed by atoms with Gasteiger partial charge >= 0.3 is 0 Å². The van der Waals surface area contributed by atoms with Crippen LogP contribution in [-0.4, -0.2) is 20.0 Å². The second-order valence-corrected chi connectivity index (χ2v) is 2.00. The summed E-state index contributed by atoms with van der Waals surface area (Å²) in [6.45, 7) is 9.15. The molecule has 0 N–H and O–H groups in total. The first-order valence-electron chi connectivity index (χ1n) is 3.65. The SMILES string of the molecule is [CH2]CCCOCOCC[CH2]. The van der Waals surface area contributed by atoms with Crippen molar-refractivity contribution in [3.8, 4) is 0 Å². The lowest BCUT2D eigenvalue weighted by molar-refractivity contribution is -0.0527. The van der Waals surface area contributed by atoms with E-state index in [0.717, 1.165) is 25.9 Å². The minimum absolute atomic E-state index is 0.398. The van der Waals surface area contributed by atoms with Crippen molar-refractivity contribution < 1.29 is 9.47 Å². The molecule has 0 unspecified atom stereocenters. The van der Waals surface area contributed by atoms with E-state index >= 15 is 0 Å². The van der Waals surface area contributed by atoms with Gasteiger partial charge < -0.3 is 9.47 Å². The maximum absolute atomic E-state index is 5.09. The number of hydrogen-bond acceptors (Lipinski definition) is 2. The zero-order valence-corrected chi connectivity index (χ0v) is 6.47. The molecule has 0 amide bonds. The Morgan fingerprint density at radius 1 is 0.900 bits per heavy atom. The van der Waals surface area contributed by atoms with Crippen LogP contribution < -0.4 is 0 Å². The van der Waals surface area contributed by atoms with E-state index in [4.69, 9.17) is 9.47 Å². The van der Waals surface area contributed by atoms with E-state index < -0.39 is 0 Å². The first kappa shape index (κ1) is 9.92. The summed E-state index contributed by atoms with van der Waals surface area (Å²) < 4.78 is 10.1. The van der Waals surface area contributed by atoms with Crippen molar-refractivity contribution in [1.82, 2.24) is 0 Å². The molecule has 0 rings (SSSR count). The van der Waals surface area contributed by atoms with Crippen LogP contribution >= 0.6 is 0 Å². The van der Waals surface area contributed by atoms with E-state index in [9.17, 15) is 0 Å². The van der Waals surface area contributed by atoms with Crippen molar-refractivity contribution in [3.63, 3.8) is 0 Å². The molecule has 10 heavy (non-hydrogen) atoms. The van der Waals surface area contributed by atoms with Crippen molar-refractivity contribution in [2.45, 2.75) is 19.3 Å². The van der Waals surface area contributed by atoms with Crippen LogP contribution in [0.2, 0.25) is 0 Å². The molecule has 0 saturated carbocycles. The van der Waals surface area contributed by atoms with Gasteiger partial charge in [-0.15, -0.1) is 0 Å². The second-order valence-electron chi connectivity index (χ2n) is 2.00. The lowest BCUT2D eigenvalue weighted by Crippen LogP contribution is -2.01. The van der Waals surface area contributed by atoms with Crippen LogP contribution in [0.25, 0.3) is 0 Å². The van der Waals surface area contributed by atoms with Gasteiger partial charge in [-0.25, -0.2) is 0 Å². The van der Waals surface area contributed by atoms with Crippen LogP contribution in [-0.2, 0) is 9.47 Å². The Bertz CT molecular complexity index is 47.2. The molecule has 2 radical (unpaired) electrons. The fourth-order valence-corrected chi connectivity index (χ4v) is 0.483. The summed E-state index contributed by atoms with van der Waals surface area (Å²) in [5, 5.41) is 0. The third kappa shape index (κ3) is 7.92. The zero-order chi connectivity index (χ0) is 7.66. The smallest absolute Gasteiger partial charge is 0.146 e. The monoisotopic (exact) mass is 144 g/mol. The van der Waals surface area contributed by atoms with Gasteiger partial charge in [0.05, 0.1) is 0 Å². The molecule has 0 aromatic rings. The van der Waals surface area contributed by atoms with E-state index in [1.807, 2.05) is 0 Å². The molecule has 2 heteroatoms. The Hall–Kier alpha value is -0.0800. The molecule has 0 fully saturated rings. The molecule has 0 atom stereocenters. The van der Waals surface area contributed by atoms with Gasteiger partial charge in [-0.2, -0.15) is 0 Å². The second kappa shape index (κ2) is 8.92. The van der Waals surface area contributed by atoms with E-state index in [0.29, 0.717) is 13.4 Å². The minimum atomic E-state index is 0.398. The largest absolute Gasteiger partial charge is 0.355 e. The molecule has 0 saturated heterocycles. The van der Waals surface area contributed by atoms with Crippen LogP contribution in [0.1, 0.15) is 19.3 Å². The molecule has 0 aliphatic heterocycles. The third-order valence-corrected chi connectivity index (χ3v) is 0.994. The Labute approximate surface area is 63.5 Å². The van der Waals surface area contributed by atoms with Crippen molar-refractivity contribution in [2.24, 2.45) is 0 Å². The van der Waals surface area contributed by atoms with Crippen molar-refractivity contribution in [3.05, 3.63) is 13.8 Å². The van der Waals surface area contributed by atoms with Gasteiger partial charge in [0, 0.05) is 13.2 Å². The minimum Gasteiger partial charge on any atom is -0.355 e. The normalized spacial score (nSPS) is 10.2. The standard InChI is InChI=1S/C8H16O2/c1-3-5-7-10-8-9-6-4-2/h1-8H2. The Morgan fingerprint density at radius 3 is 2.20 bits per heavy atom. The van der Waals surface area contributed by atoms with Crippen LogP contribution in [0, 0.1) is 13.8 Å². The number of unbranched alkanes of at least 4 members (excludes halogenated alkanes) is 1. The lowest BCUT2D eigenvalue weighted by atomic mass is 10.4. The molecular weight excluding hydrogens is 128 g/mol. The van der Waals surface area contributed by atoms with E-state index in [-0.39, 0.29) is 0 Å². The Morgan fingerprint density at radius 2 is 1.60 bits per heavy atom. The van der Waals surface area contributed by atoms with Crippen LogP contribution in [0.4, 0.5) is 0 Å². The molecule has 60 valence electrons. The summed E-state index contributed by atoms with van der Waals surface area (Å²) in [6.07, 6.45) is 2.74. The van der Waals surface area contributed by atoms with Crippen LogP contribution in [0.15, 0.2) is 0 Å². The summed E-state index contributed by atoms with van der Waals surface area (Å²) in [4.78, 5) is 0. The van der Waals surface area contributed by atoms with Gasteiger partial charge in [-0.3, -0.25) is 0 Å². The predicted octanol–water partition coefficient (Wildman–Crippen LogP) is 1.82. The third-order valence-electron chi connectivity index (χ3n) is 0.994. The Kier molecular flexibility index (Phi) is 8.85. The van der Waals surface area contributed by atoms with Crippen LogP contribution in [0.3, 0.4) is 0 Å². The van der Waals surface area contributed by atoms with Crippen LogP contribution in [0.5, 0.6) is 0 Å². The molecule has 0 heterocycles. The van der Waals surface area contributed by atoms with Gasteiger partial charge in [-0.05, 0) is 12.8 Å². The maximum Gasteiger partial charge on any atom is 0.146 e.